The highest BCUT2D eigenvalue weighted by atomic mass is 32.2. The van der Waals surface area contributed by atoms with Gasteiger partial charge in [-0.25, -0.2) is 0 Å². The topological polar surface area (TPSA) is 49.4 Å². The summed E-state index contributed by atoms with van der Waals surface area (Å²) in [5.74, 6) is 0.632. The van der Waals surface area contributed by atoms with Gasteiger partial charge in [-0.2, -0.15) is 0 Å². The van der Waals surface area contributed by atoms with Crippen molar-refractivity contribution in [2.75, 3.05) is 16.0 Å². The van der Waals surface area contributed by atoms with Crippen LogP contribution in [0.25, 0.3) is 0 Å². The van der Waals surface area contributed by atoms with Crippen molar-refractivity contribution in [2.24, 2.45) is 5.41 Å². The van der Waals surface area contributed by atoms with E-state index in [-0.39, 0.29) is 17.2 Å². The lowest BCUT2D eigenvalue weighted by molar-refractivity contribution is -0.123. The van der Waals surface area contributed by atoms with E-state index in [1.54, 1.807) is 11.8 Å². The van der Waals surface area contributed by atoms with Gasteiger partial charge in [0.2, 0.25) is 11.8 Å². The Hall–Kier alpha value is -2.27. The monoisotopic (exact) mass is 394 g/mol. The van der Waals surface area contributed by atoms with Crippen LogP contribution in [0.4, 0.5) is 11.4 Å². The van der Waals surface area contributed by atoms with Gasteiger partial charge in [0.05, 0.1) is 5.75 Å². The highest BCUT2D eigenvalue weighted by molar-refractivity contribution is 8.00. The fourth-order valence-electron chi connectivity index (χ4n) is 3.71. The fraction of sp³-hybridized carbons (Fsp3) is 0.391. The maximum atomic E-state index is 12.6. The van der Waals surface area contributed by atoms with Crippen LogP contribution in [0.2, 0.25) is 0 Å². The zero-order chi connectivity index (χ0) is 19.9. The average molecular weight is 395 g/mol. The summed E-state index contributed by atoms with van der Waals surface area (Å²) in [5, 5.41) is 2.92. The van der Waals surface area contributed by atoms with Gasteiger partial charge in [-0.3, -0.25) is 14.5 Å². The molecule has 2 amide bonds. The molecule has 0 aromatic heterocycles. The lowest BCUT2D eigenvalue weighted by Crippen LogP contribution is -2.28. The number of carbonyl (C=O) groups is 2. The highest BCUT2D eigenvalue weighted by Crippen LogP contribution is 2.43. The number of carbonyl (C=O) groups excluding carboxylic acids is 2. The average Bonchev–Trinajstić information content (AvgIpc) is 3.27. The molecule has 1 aliphatic carbocycles. The molecule has 1 aliphatic heterocycles. The first kappa shape index (κ1) is 19.1. The molecule has 5 heteroatoms. The number of hydrogen-bond acceptors (Lipinski definition) is 3. The first-order chi connectivity index (χ1) is 13.3. The summed E-state index contributed by atoms with van der Waals surface area (Å²) < 4.78 is 0. The Morgan fingerprint density at radius 1 is 1.07 bits per heavy atom. The second-order valence-corrected chi connectivity index (χ2v) is 9.63. The zero-order valence-electron chi connectivity index (χ0n) is 16.6. The zero-order valence-corrected chi connectivity index (χ0v) is 17.4. The number of nitrogens with one attached hydrogen (secondary N) is 1. The van der Waals surface area contributed by atoms with E-state index in [2.05, 4.69) is 23.5 Å². The second kappa shape index (κ2) is 7.28. The van der Waals surface area contributed by atoms with Gasteiger partial charge in [0.15, 0.2) is 0 Å². The summed E-state index contributed by atoms with van der Waals surface area (Å²) in [6, 6.07) is 14.3. The van der Waals surface area contributed by atoms with Crippen LogP contribution in [0.5, 0.6) is 0 Å². The van der Waals surface area contributed by atoms with Crippen molar-refractivity contribution in [3.63, 3.8) is 0 Å². The number of nitrogens with zero attached hydrogens (tertiary/aromatic N) is 1. The number of benzene rings is 2. The van der Waals surface area contributed by atoms with Gasteiger partial charge in [0, 0.05) is 16.8 Å². The SMILES string of the molecule is CC(C)(C)C(=O)Nc1ccc([C@@H]2SCC(=O)N2c2ccc3c(c2)CCC3)cc1. The number of anilines is 2. The lowest BCUT2D eigenvalue weighted by Gasteiger charge is -2.25. The largest absolute Gasteiger partial charge is 0.326 e. The van der Waals surface area contributed by atoms with E-state index in [0.717, 1.165) is 29.8 Å². The van der Waals surface area contributed by atoms with E-state index >= 15 is 0 Å². The Bertz CT molecular complexity index is 915. The van der Waals surface area contributed by atoms with Crippen molar-refractivity contribution in [3.8, 4) is 0 Å². The molecule has 1 fully saturated rings. The Balaban J connectivity index is 1.56. The number of thioether (sulfide) groups is 1. The number of hydrogen-bond donors (Lipinski definition) is 1. The molecule has 0 radical (unpaired) electrons. The molecule has 146 valence electrons. The van der Waals surface area contributed by atoms with E-state index in [0.29, 0.717) is 5.75 Å². The standard InChI is InChI=1S/C23H26N2O2S/c1-23(2,3)22(27)24-18-10-7-16(8-11-18)21-25(20(26)14-28-21)19-12-9-15-5-4-6-17(15)13-19/h7-13,21H,4-6,14H2,1-3H3,(H,24,27)/t21-/m0/s1. The summed E-state index contributed by atoms with van der Waals surface area (Å²) >= 11 is 1.65. The fourth-order valence-corrected chi connectivity index (χ4v) is 4.88. The van der Waals surface area contributed by atoms with Gasteiger partial charge < -0.3 is 5.32 Å². The third-order valence-corrected chi connectivity index (χ3v) is 6.58. The molecule has 28 heavy (non-hydrogen) atoms. The molecule has 1 N–H and O–H groups in total. The first-order valence-corrected chi connectivity index (χ1v) is 10.8. The summed E-state index contributed by atoms with van der Waals surface area (Å²) in [6.45, 7) is 5.68. The maximum absolute atomic E-state index is 12.6. The van der Waals surface area contributed by atoms with Crippen molar-refractivity contribution in [1.29, 1.82) is 0 Å². The van der Waals surface area contributed by atoms with E-state index in [4.69, 9.17) is 0 Å². The van der Waals surface area contributed by atoms with Crippen LogP contribution in [0, 0.1) is 5.41 Å². The minimum absolute atomic E-state index is 0.00885. The predicted octanol–water partition coefficient (Wildman–Crippen LogP) is 4.94. The van der Waals surface area contributed by atoms with Crippen LogP contribution >= 0.6 is 11.8 Å². The number of amides is 2. The third-order valence-electron chi connectivity index (χ3n) is 5.36. The van der Waals surface area contributed by atoms with E-state index in [1.807, 2.05) is 49.9 Å². The van der Waals surface area contributed by atoms with E-state index < -0.39 is 5.41 Å². The number of fused-ring (bicyclic) bond motifs is 1. The predicted molar refractivity (Wildman–Crippen MR) is 116 cm³/mol. The Kier molecular flexibility index (Phi) is 4.96. The van der Waals surface area contributed by atoms with Gasteiger partial charge in [0.1, 0.15) is 5.37 Å². The molecule has 0 saturated carbocycles. The Labute approximate surface area is 170 Å². The Morgan fingerprint density at radius 2 is 1.79 bits per heavy atom. The molecule has 1 heterocycles. The van der Waals surface area contributed by atoms with Gasteiger partial charge in [-0.05, 0) is 60.2 Å². The van der Waals surface area contributed by atoms with Crippen molar-refractivity contribution in [2.45, 2.75) is 45.4 Å². The molecule has 4 rings (SSSR count). The summed E-state index contributed by atoms with van der Waals surface area (Å²) in [6.07, 6.45) is 3.45. The van der Waals surface area contributed by atoms with Crippen molar-refractivity contribution >= 4 is 35.0 Å². The molecule has 1 atom stereocenters. The molecule has 2 aromatic rings. The minimum Gasteiger partial charge on any atom is -0.326 e. The maximum Gasteiger partial charge on any atom is 0.238 e. The van der Waals surface area contributed by atoms with E-state index in [1.165, 1.54) is 17.5 Å². The molecule has 2 aliphatic rings. The van der Waals surface area contributed by atoms with Crippen LogP contribution in [0.1, 0.15) is 49.3 Å². The van der Waals surface area contributed by atoms with Gasteiger partial charge in [-0.15, -0.1) is 11.8 Å². The first-order valence-electron chi connectivity index (χ1n) is 9.80. The lowest BCUT2D eigenvalue weighted by atomic mass is 9.95. The number of aryl methyl sites for hydroxylation is 2. The van der Waals surface area contributed by atoms with Crippen molar-refractivity contribution in [3.05, 3.63) is 59.2 Å². The molecule has 2 aromatic carbocycles. The minimum atomic E-state index is -0.434. The van der Waals surface area contributed by atoms with Crippen LogP contribution in [-0.4, -0.2) is 17.6 Å². The molecule has 4 nitrogen and oxygen atoms in total. The highest BCUT2D eigenvalue weighted by Gasteiger charge is 2.34. The molecule has 0 spiro atoms. The third kappa shape index (κ3) is 3.68. The van der Waals surface area contributed by atoms with Crippen LogP contribution < -0.4 is 10.2 Å². The molecule has 0 bridgehead atoms. The van der Waals surface area contributed by atoms with Crippen LogP contribution in [0.3, 0.4) is 0 Å². The quantitative estimate of drug-likeness (QED) is 0.802. The molecular weight excluding hydrogens is 368 g/mol. The Morgan fingerprint density at radius 3 is 2.50 bits per heavy atom. The van der Waals surface area contributed by atoms with Gasteiger partial charge in [-0.1, -0.05) is 39.0 Å². The van der Waals surface area contributed by atoms with E-state index in [9.17, 15) is 9.59 Å². The molecular formula is C23H26N2O2S. The normalized spacial score (nSPS) is 19.0. The molecule has 0 unspecified atom stereocenters. The second-order valence-electron chi connectivity index (χ2n) is 8.56. The van der Waals surface area contributed by atoms with Crippen molar-refractivity contribution in [1.82, 2.24) is 0 Å². The van der Waals surface area contributed by atoms with Crippen molar-refractivity contribution < 1.29 is 9.59 Å². The summed E-state index contributed by atoms with van der Waals surface area (Å²) in [7, 11) is 0. The van der Waals surface area contributed by atoms with Gasteiger partial charge in [0.25, 0.3) is 0 Å². The number of rotatable bonds is 3. The van der Waals surface area contributed by atoms with Crippen LogP contribution in [-0.2, 0) is 22.4 Å². The summed E-state index contributed by atoms with van der Waals surface area (Å²) in [5.41, 5.74) is 5.20. The van der Waals surface area contributed by atoms with Gasteiger partial charge >= 0.3 is 0 Å². The molecule has 1 saturated heterocycles. The summed E-state index contributed by atoms with van der Waals surface area (Å²) in [4.78, 5) is 26.7. The van der Waals surface area contributed by atoms with Crippen LogP contribution in [0.15, 0.2) is 42.5 Å². The smallest absolute Gasteiger partial charge is 0.238 e.